The monoisotopic (exact) mass is 93.0 g/mol. The largest absolute Gasteiger partial charge is 0.397 e. The van der Waals surface area contributed by atoms with Gasteiger partial charge >= 0.3 is 0 Å². The topological polar surface area (TPSA) is 38.9 Å². The van der Waals surface area contributed by atoms with Gasteiger partial charge in [0.1, 0.15) is 0 Å². The van der Waals surface area contributed by atoms with Crippen LogP contribution in [0.4, 0.5) is 5.69 Å². The number of nitrogens with two attached hydrogens (primary N) is 1. The molecule has 0 aliphatic carbocycles. The van der Waals surface area contributed by atoms with Crippen LogP contribution >= 0.6 is 0 Å². The lowest BCUT2D eigenvalue weighted by atomic mass is 10.4. The molecule has 7 heavy (non-hydrogen) atoms. The van der Waals surface area contributed by atoms with Crippen molar-refractivity contribution in [3.63, 3.8) is 0 Å². The van der Waals surface area contributed by atoms with Gasteiger partial charge in [-0.25, -0.2) is 0 Å². The second-order valence-corrected chi connectivity index (χ2v) is 1.19. The molecule has 2 heteroatoms. The molecule has 0 aliphatic rings. The van der Waals surface area contributed by atoms with Gasteiger partial charge in [-0.15, -0.1) is 0 Å². The number of nitrogens with zero attached hydrogens (tertiary/aromatic N) is 1. The lowest BCUT2D eigenvalue weighted by Crippen LogP contribution is -1.82. The van der Waals surface area contributed by atoms with E-state index in [-0.39, 0.29) is 0 Å². The molecule has 0 spiro atoms. The fourth-order valence-corrected chi connectivity index (χ4v) is 0.337. The zero-order chi connectivity index (χ0) is 5.11. The van der Waals surface area contributed by atoms with E-state index >= 15 is 0 Å². The molecule has 35 valence electrons. The molecule has 0 atom stereocenters. The van der Waals surface area contributed by atoms with Crippen molar-refractivity contribution in [3.05, 3.63) is 24.5 Å². The molecular formula is C5H5N2. The molecule has 0 bridgehead atoms. The molecule has 1 aromatic heterocycles. The molecule has 1 heterocycles. The number of rotatable bonds is 0. The van der Waals surface area contributed by atoms with Crippen LogP contribution in [0.5, 0.6) is 0 Å². The summed E-state index contributed by atoms with van der Waals surface area (Å²) in [6.07, 6.45) is 3.19. The number of pyridine rings is 1. The van der Waals surface area contributed by atoms with E-state index < -0.39 is 0 Å². The first kappa shape index (κ1) is 4.12. The maximum absolute atomic E-state index is 5.24. The molecule has 1 aromatic rings. The van der Waals surface area contributed by atoms with Crippen LogP contribution < -0.4 is 5.73 Å². The summed E-state index contributed by atoms with van der Waals surface area (Å²) < 4.78 is 0. The zero-order valence-electron chi connectivity index (χ0n) is 3.76. The van der Waals surface area contributed by atoms with Crippen LogP contribution in [0.2, 0.25) is 0 Å². The van der Waals surface area contributed by atoms with Gasteiger partial charge < -0.3 is 5.73 Å². The van der Waals surface area contributed by atoms with Gasteiger partial charge in [-0.1, -0.05) is 0 Å². The Bertz CT molecular complexity index is 136. The summed E-state index contributed by atoms with van der Waals surface area (Å²) in [5, 5.41) is 0. The fourth-order valence-electron chi connectivity index (χ4n) is 0.337. The number of nitrogen functional groups attached to an aromatic ring is 1. The summed E-state index contributed by atoms with van der Waals surface area (Å²) in [5.74, 6) is 0. The predicted molar refractivity (Wildman–Crippen MR) is 27.5 cm³/mol. The van der Waals surface area contributed by atoms with Crippen LogP contribution in [0.3, 0.4) is 0 Å². The lowest BCUT2D eigenvalue weighted by molar-refractivity contribution is 1.33. The van der Waals surface area contributed by atoms with Crippen LogP contribution in [0.15, 0.2) is 18.5 Å². The van der Waals surface area contributed by atoms with Crippen molar-refractivity contribution in [3.8, 4) is 0 Å². The van der Waals surface area contributed by atoms with Crippen molar-refractivity contribution < 1.29 is 0 Å². The maximum Gasteiger partial charge on any atom is 0.0581 e. The highest BCUT2D eigenvalue weighted by Gasteiger charge is 1.74. The van der Waals surface area contributed by atoms with Crippen molar-refractivity contribution in [2.24, 2.45) is 0 Å². The second-order valence-electron chi connectivity index (χ2n) is 1.19. The number of aromatic nitrogens is 1. The number of hydrogen-bond donors (Lipinski definition) is 1. The van der Waals surface area contributed by atoms with Gasteiger partial charge in [0.15, 0.2) is 0 Å². The number of hydrogen-bond acceptors (Lipinski definition) is 2. The summed E-state index contributed by atoms with van der Waals surface area (Å²) in [6, 6.07) is 4.42. The van der Waals surface area contributed by atoms with Crippen LogP contribution in [0.25, 0.3) is 0 Å². The Morgan fingerprint density at radius 1 is 1.71 bits per heavy atom. The van der Waals surface area contributed by atoms with E-state index in [1.54, 1.807) is 18.5 Å². The van der Waals surface area contributed by atoms with Gasteiger partial charge in [-0.2, -0.15) is 0 Å². The molecule has 2 nitrogen and oxygen atoms in total. The quantitative estimate of drug-likeness (QED) is 0.506. The third-order valence-corrected chi connectivity index (χ3v) is 0.624. The highest BCUT2D eigenvalue weighted by molar-refractivity contribution is 5.30. The Labute approximate surface area is 42.0 Å². The Morgan fingerprint density at radius 2 is 2.57 bits per heavy atom. The molecule has 1 rings (SSSR count). The third kappa shape index (κ3) is 0.892. The van der Waals surface area contributed by atoms with Crippen molar-refractivity contribution in [1.29, 1.82) is 0 Å². The van der Waals surface area contributed by atoms with E-state index in [0.717, 1.165) is 0 Å². The smallest absolute Gasteiger partial charge is 0.0581 e. The highest BCUT2D eigenvalue weighted by atomic mass is 14.7. The average Bonchev–Trinajstić information content (AvgIpc) is 1.69. The molecule has 0 saturated carbocycles. The van der Waals surface area contributed by atoms with Gasteiger partial charge in [-0.3, -0.25) is 4.98 Å². The minimum atomic E-state index is 0.586. The van der Waals surface area contributed by atoms with Crippen LogP contribution in [-0.4, -0.2) is 4.98 Å². The summed E-state index contributed by atoms with van der Waals surface area (Å²) in [5.41, 5.74) is 5.83. The molecule has 2 N–H and O–H groups in total. The van der Waals surface area contributed by atoms with E-state index in [4.69, 9.17) is 5.73 Å². The van der Waals surface area contributed by atoms with Gasteiger partial charge in [0.25, 0.3) is 0 Å². The Morgan fingerprint density at radius 3 is 2.86 bits per heavy atom. The van der Waals surface area contributed by atoms with Crippen LogP contribution in [-0.2, 0) is 0 Å². The molecule has 0 aromatic carbocycles. The first-order valence-electron chi connectivity index (χ1n) is 1.97. The van der Waals surface area contributed by atoms with E-state index in [2.05, 4.69) is 11.1 Å². The highest BCUT2D eigenvalue weighted by Crippen LogP contribution is 1.90. The second kappa shape index (κ2) is 1.60. The van der Waals surface area contributed by atoms with Gasteiger partial charge in [0, 0.05) is 12.3 Å². The SMILES string of the molecule is Nc1[c]ccnc1. The van der Waals surface area contributed by atoms with E-state index in [0.29, 0.717) is 5.69 Å². The Kier molecular flexibility index (Phi) is 0.941. The number of anilines is 1. The summed E-state index contributed by atoms with van der Waals surface area (Å²) in [4.78, 5) is 3.73. The minimum absolute atomic E-state index is 0.586. The molecule has 0 unspecified atom stereocenters. The summed E-state index contributed by atoms with van der Waals surface area (Å²) >= 11 is 0. The average molecular weight is 93.1 g/mol. The van der Waals surface area contributed by atoms with Gasteiger partial charge in [-0.05, 0) is 6.07 Å². The fraction of sp³-hybridized carbons (Fsp3) is 0. The molecule has 0 saturated heterocycles. The normalized spacial score (nSPS) is 8.57. The van der Waals surface area contributed by atoms with Crippen molar-refractivity contribution in [2.45, 2.75) is 0 Å². The Hall–Kier alpha value is -1.05. The summed E-state index contributed by atoms with van der Waals surface area (Å²) in [6.45, 7) is 0. The molecule has 0 aliphatic heterocycles. The van der Waals surface area contributed by atoms with Crippen molar-refractivity contribution >= 4 is 5.69 Å². The molecular weight excluding hydrogens is 88.1 g/mol. The first-order valence-corrected chi connectivity index (χ1v) is 1.97. The Balaban J connectivity index is 3.02. The van der Waals surface area contributed by atoms with Gasteiger partial charge in [0.2, 0.25) is 0 Å². The van der Waals surface area contributed by atoms with Crippen LogP contribution in [0, 0.1) is 6.07 Å². The predicted octanol–water partition coefficient (Wildman–Crippen LogP) is 0.464. The maximum atomic E-state index is 5.24. The van der Waals surface area contributed by atoms with E-state index in [9.17, 15) is 0 Å². The minimum Gasteiger partial charge on any atom is -0.397 e. The molecule has 0 fully saturated rings. The summed E-state index contributed by atoms with van der Waals surface area (Å²) in [7, 11) is 0. The van der Waals surface area contributed by atoms with Crippen molar-refractivity contribution in [1.82, 2.24) is 4.98 Å². The molecule has 0 amide bonds. The lowest BCUT2D eigenvalue weighted by Gasteiger charge is -1.82. The standard InChI is InChI=1S/C5H5N2/c6-5-2-1-3-7-4-5/h1,3-4H,6H2. The first-order chi connectivity index (χ1) is 3.39. The van der Waals surface area contributed by atoms with Crippen molar-refractivity contribution in [2.75, 3.05) is 5.73 Å². The van der Waals surface area contributed by atoms with E-state index in [1.807, 2.05) is 0 Å². The van der Waals surface area contributed by atoms with Crippen LogP contribution in [0.1, 0.15) is 0 Å². The third-order valence-electron chi connectivity index (χ3n) is 0.624. The van der Waals surface area contributed by atoms with E-state index in [1.165, 1.54) is 0 Å². The molecule has 1 radical (unpaired) electrons. The zero-order valence-corrected chi connectivity index (χ0v) is 3.76. The van der Waals surface area contributed by atoms with Gasteiger partial charge in [0.05, 0.1) is 11.9 Å².